The summed E-state index contributed by atoms with van der Waals surface area (Å²) in [6.45, 7) is 5.08. The van der Waals surface area contributed by atoms with Crippen molar-refractivity contribution in [3.8, 4) is 0 Å². The van der Waals surface area contributed by atoms with Gasteiger partial charge in [-0.3, -0.25) is 0 Å². The van der Waals surface area contributed by atoms with Crippen LogP contribution in [-0.2, 0) is 0 Å². The Morgan fingerprint density at radius 3 is 2.40 bits per heavy atom. The van der Waals surface area contributed by atoms with Crippen molar-refractivity contribution in [1.82, 2.24) is 0 Å². The lowest BCUT2D eigenvalue weighted by Gasteiger charge is -1.96. The molecule has 0 unspecified atom stereocenters. The van der Waals surface area contributed by atoms with Crippen molar-refractivity contribution in [2.45, 2.75) is 6.92 Å². The summed E-state index contributed by atoms with van der Waals surface area (Å²) in [6, 6.07) is 0. The molecule has 0 atom stereocenters. The van der Waals surface area contributed by atoms with Crippen LogP contribution in [-0.4, -0.2) is 5.11 Å². The average molecular weight is 140 g/mol. The number of aliphatic hydroxyl groups is 1. The Hall–Kier alpha value is -1.38. The summed E-state index contributed by atoms with van der Waals surface area (Å²) in [4.78, 5) is 0. The molecule has 3 nitrogen and oxygen atoms in total. The molecule has 10 heavy (non-hydrogen) atoms. The van der Waals surface area contributed by atoms with E-state index >= 15 is 0 Å². The fourth-order valence-corrected chi connectivity index (χ4v) is 0.356. The van der Waals surface area contributed by atoms with Gasteiger partial charge < -0.3 is 16.6 Å². The lowest BCUT2D eigenvalue weighted by atomic mass is 10.2. The summed E-state index contributed by atoms with van der Waals surface area (Å²) in [7, 11) is 0. The number of allylic oxidation sites excluding steroid dienone is 2. The van der Waals surface area contributed by atoms with Crippen LogP contribution in [0.5, 0.6) is 0 Å². The number of hydrogen-bond donors (Lipinski definition) is 3. The highest BCUT2D eigenvalue weighted by molar-refractivity contribution is 5.27. The van der Waals surface area contributed by atoms with E-state index in [0.29, 0.717) is 0 Å². The third-order valence-corrected chi connectivity index (χ3v) is 0.956. The Morgan fingerprint density at radius 2 is 2.10 bits per heavy atom. The quantitative estimate of drug-likeness (QED) is 0.391. The van der Waals surface area contributed by atoms with Gasteiger partial charge >= 0.3 is 0 Å². The summed E-state index contributed by atoms with van der Waals surface area (Å²) >= 11 is 0. The molecule has 0 aromatic carbocycles. The van der Waals surface area contributed by atoms with Gasteiger partial charge in [-0.2, -0.15) is 0 Å². The van der Waals surface area contributed by atoms with E-state index in [-0.39, 0.29) is 11.5 Å². The smallest absolute Gasteiger partial charge is 0.138 e. The molecular weight excluding hydrogens is 128 g/mol. The molecule has 0 aliphatic rings. The maximum absolute atomic E-state index is 8.97. The van der Waals surface area contributed by atoms with Gasteiger partial charge in [0.25, 0.3) is 0 Å². The van der Waals surface area contributed by atoms with Crippen molar-refractivity contribution >= 4 is 0 Å². The number of aliphatic hydroxyl groups excluding tert-OH is 1. The molecule has 0 aliphatic heterocycles. The lowest BCUT2D eigenvalue weighted by molar-refractivity contribution is 0.422. The van der Waals surface area contributed by atoms with E-state index in [4.69, 9.17) is 16.6 Å². The highest BCUT2D eigenvalue weighted by Gasteiger charge is 1.92. The minimum absolute atomic E-state index is 0.0424. The Bertz CT molecular complexity index is 192. The van der Waals surface area contributed by atoms with E-state index in [9.17, 15) is 0 Å². The van der Waals surface area contributed by atoms with Crippen LogP contribution in [0.3, 0.4) is 0 Å². The molecule has 0 aromatic rings. The Labute approximate surface area is 60.3 Å². The third-order valence-electron chi connectivity index (χ3n) is 0.956. The molecule has 0 amide bonds. The van der Waals surface area contributed by atoms with Gasteiger partial charge in [-0.15, -0.1) is 0 Å². The molecule has 56 valence electrons. The standard InChI is InChI=1S/C7H12N2O/c1-5(4-8)3-7(10)6(2)9/h3-4,10H,2,8-9H2,1H3/b5-4-,7-3+. The highest BCUT2D eigenvalue weighted by atomic mass is 16.3. The first-order valence-corrected chi connectivity index (χ1v) is 2.82. The summed E-state index contributed by atoms with van der Waals surface area (Å²) < 4.78 is 0. The molecule has 5 N–H and O–H groups in total. The first-order chi connectivity index (χ1) is 4.57. The van der Waals surface area contributed by atoms with Crippen LogP contribution in [0.4, 0.5) is 0 Å². The van der Waals surface area contributed by atoms with E-state index in [1.165, 1.54) is 12.3 Å². The van der Waals surface area contributed by atoms with E-state index in [2.05, 4.69) is 6.58 Å². The zero-order valence-electron chi connectivity index (χ0n) is 5.96. The van der Waals surface area contributed by atoms with Gasteiger partial charge in [-0.05, 0) is 24.8 Å². The highest BCUT2D eigenvalue weighted by Crippen LogP contribution is 2.01. The largest absolute Gasteiger partial charge is 0.506 e. The summed E-state index contributed by atoms with van der Waals surface area (Å²) in [6.07, 6.45) is 2.82. The Morgan fingerprint density at radius 1 is 1.60 bits per heavy atom. The summed E-state index contributed by atoms with van der Waals surface area (Å²) in [5.74, 6) is -0.0424. The lowest BCUT2D eigenvalue weighted by Crippen LogP contribution is -1.98. The zero-order valence-corrected chi connectivity index (χ0v) is 5.96. The normalized spacial score (nSPS) is 13.3. The molecule has 0 radical (unpaired) electrons. The van der Waals surface area contributed by atoms with Crippen molar-refractivity contribution in [2.24, 2.45) is 11.5 Å². The SMILES string of the molecule is C=C(N)/C(O)=C\C(C)=C/N. The van der Waals surface area contributed by atoms with Crippen molar-refractivity contribution < 1.29 is 5.11 Å². The molecule has 0 saturated carbocycles. The monoisotopic (exact) mass is 140 g/mol. The maximum Gasteiger partial charge on any atom is 0.138 e. The van der Waals surface area contributed by atoms with Crippen molar-refractivity contribution in [3.05, 3.63) is 35.9 Å². The predicted molar refractivity (Wildman–Crippen MR) is 42.0 cm³/mol. The topological polar surface area (TPSA) is 72.3 Å². The van der Waals surface area contributed by atoms with Crippen molar-refractivity contribution in [1.29, 1.82) is 0 Å². The fourth-order valence-electron chi connectivity index (χ4n) is 0.356. The molecule has 0 saturated heterocycles. The van der Waals surface area contributed by atoms with Gasteiger partial charge in [0.1, 0.15) is 5.76 Å². The van der Waals surface area contributed by atoms with Crippen LogP contribution >= 0.6 is 0 Å². The summed E-state index contributed by atoms with van der Waals surface area (Å²) in [5, 5.41) is 8.97. The van der Waals surface area contributed by atoms with Crippen LogP contribution in [0.1, 0.15) is 6.92 Å². The Kier molecular flexibility index (Phi) is 3.11. The molecule has 0 bridgehead atoms. The van der Waals surface area contributed by atoms with Crippen LogP contribution < -0.4 is 11.5 Å². The molecular formula is C7H12N2O. The Balaban J connectivity index is 4.31. The van der Waals surface area contributed by atoms with Gasteiger partial charge in [0.05, 0.1) is 5.70 Å². The number of nitrogens with two attached hydrogens (primary N) is 2. The van der Waals surface area contributed by atoms with Gasteiger partial charge in [-0.25, -0.2) is 0 Å². The predicted octanol–water partition coefficient (Wildman–Crippen LogP) is 0.763. The van der Waals surface area contributed by atoms with Gasteiger partial charge in [0.2, 0.25) is 0 Å². The van der Waals surface area contributed by atoms with Gasteiger partial charge in [-0.1, -0.05) is 6.58 Å². The van der Waals surface area contributed by atoms with Gasteiger partial charge in [0.15, 0.2) is 0 Å². The molecule has 0 aliphatic carbocycles. The van der Waals surface area contributed by atoms with E-state index in [1.54, 1.807) is 6.92 Å². The van der Waals surface area contributed by atoms with E-state index in [0.717, 1.165) is 5.57 Å². The van der Waals surface area contributed by atoms with Crippen LogP contribution in [0.25, 0.3) is 0 Å². The van der Waals surface area contributed by atoms with E-state index < -0.39 is 0 Å². The second-order valence-electron chi connectivity index (χ2n) is 1.97. The number of hydrogen-bond acceptors (Lipinski definition) is 3. The molecule has 0 fully saturated rings. The molecule has 0 aromatic heterocycles. The van der Waals surface area contributed by atoms with Crippen LogP contribution in [0.2, 0.25) is 0 Å². The first-order valence-electron chi connectivity index (χ1n) is 2.82. The zero-order chi connectivity index (χ0) is 8.15. The second-order valence-corrected chi connectivity index (χ2v) is 1.97. The maximum atomic E-state index is 8.97. The van der Waals surface area contributed by atoms with Crippen molar-refractivity contribution in [2.75, 3.05) is 0 Å². The van der Waals surface area contributed by atoms with Crippen molar-refractivity contribution in [3.63, 3.8) is 0 Å². The molecule has 3 heteroatoms. The van der Waals surface area contributed by atoms with Crippen LogP contribution in [0, 0.1) is 0 Å². The minimum Gasteiger partial charge on any atom is -0.506 e. The van der Waals surface area contributed by atoms with Gasteiger partial charge in [0, 0.05) is 0 Å². The molecule has 0 heterocycles. The van der Waals surface area contributed by atoms with Crippen LogP contribution in [0.15, 0.2) is 35.9 Å². The third kappa shape index (κ3) is 2.81. The molecule has 0 rings (SSSR count). The minimum atomic E-state index is -0.0424. The fraction of sp³-hybridized carbons (Fsp3) is 0.143. The number of rotatable bonds is 2. The summed E-state index contributed by atoms with van der Waals surface area (Å²) in [5.41, 5.74) is 11.2. The molecule has 0 spiro atoms. The average Bonchev–Trinajstić information content (AvgIpc) is 1.87. The van der Waals surface area contributed by atoms with E-state index in [1.807, 2.05) is 0 Å². The first kappa shape index (κ1) is 8.62. The second kappa shape index (κ2) is 3.61.